The van der Waals surface area contributed by atoms with Gasteiger partial charge in [-0.05, 0) is 18.6 Å². The van der Waals surface area contributed by atoms with Crippen molar-refractivity contribution in [3.8, 4) is 5.69 Å². The predicted octanol–water partition coefficient (Wildman–Crippen LogP) is 2.30. The maximum Gasteiger partial charge on any atom is 0.257 e. The highest BCUT2D eigenvalue weighted by Crippen LogP contribution is 2.19. The van der Waals surface area contributed by atoms with Gasteiger partial charge in [-0.25, -0.2) is 4.68 Å². The monoisotopic (exact) mass is 299 g/mol. The average molecular weight is 299 g/mol. The van der Waals surface area contributed by atoms with Crippen LogP contribution in [-0.4, -0.2) is 46.9 Å². The lowest BCUT2D eigenvalue weighted by Crippen LogP contribution is -2.40. The number of benzene rings is 1. The summed E-state index contributed by atoms with van der Waals surface area (Å²) in [6.07, 6.45) is 3.51. The quantitative estimate of drug-likeness (QED) is 0.870. The van der Waals surface area contributed by atoms with E-state index in [1.165, 1.54) is 0 Å². The maximum absolute atomic E-state index is 12.8. The van der Waals surface area contributed by atoms with Crippen LogP contribution in [0.25, 0.3) is 5.69 Å². The smallest absolute Gasteiger partial charge is 0.257 e. The minimum atomic E-state index is 0.0638. The molecule has 0 aliphatic carbocycles. The van der Waals surface area contributed by atoms with E-state index in [1.807, 2.05) is 39.9 Å². The van der Waals surface area contributed by atoms with Crippen LogP contribution in [0, 0.1) is 0 Å². The first-order valence-electron chi connectivity index (χ1n) is 7.80. The largest absolute Gasteiger partial charge is 0.378 e. The average Bonchev–Trinajstić information content (AvgIpc) is 3.00. The fourth-order valence-corrected chi connectivity index (χ4v) is 2.76. The first-order valence-corrected chi connectivity index (χ1v) is 7.80. The molecule has 1 saturated heterocycles. The molecule has 5 heteroatoms. The van der Waals surface area contributed by atoms with Gasteiger partial charge in [0.05, 0.1) is 36.4 Å². The number of ether oxygens (including phenoxy) is 1. The van der Waals surface area contributed by atoms with Gasteiger partial charge in [0, 0.05) is 13.1 Å². The molecule has 2 heterocycles. The van der Waals surface area contributed by atoms with Crippen molar-refractivity contribution in [3.63, 3.8) is 0 Å². The second kappa shape index (κ2) is 6.75. The van der Waals surface area contributed by atoms with Crippen LogP contribution in [-0.2, 0) is 11.2 Å². The molecule has 3 rings (SSSR count). The Morgan fingerprint density at radius 3 is 2.64 bits per heavy atom. The van der Waals surface area contributed by atoms with Gasteiger partial charge in [-0.15, -0.1) is 0 Å². The van der Waals surface area contributed by atoms with E-state index >= 15 is 0 Å². The lowest BCUT2D eigenvalue weighted by molar-refractivity contribution is 0.0302. The van der Waals surface area contributed by atoms with Crippen molar-refractivity contribution in [1.82, 2.24) is 14.7 Å². The van der Waals surface area contributed by atoms with E-state index in [1.54, 1.807) is 6.20 Å². The van der Waals surface area contributed by atoms with Crippen molar-refractivity contribution in [2.24, 2.45) is 0 Å². The third kappa shape index (κ3) is 2.90. The van der Waals surface area contributed by atoms with Gasteiger partial charge in [-0.2, -0.15) is 5.10 Å². The third-order valence-electron chi connectivity index (χ3n) is 3.89. The number of aromatic nitrogens is 2. The zero-order valence-electron chi connectivity index (χ0n) is 12.9. The van der Waals surface area contributed by atoms with Gasteiger partial charge >= 0.3 is 0 Å². The number of rotatable bonds is 4. The van der Waals surface area contributed by atoms with Gasteiger partial charge in [0.15, 0.2) is 0 Å². The molecule has 22 heavy (non-hydrogen) atoms. The van der Waals surface area contributed by atoms with Crippen LogP contribution in [0.5, 0.6) is 0 Å². The fraction of sp³-hybridized carbons (Fsp3) is 0.412. The Balaban J connectivity index is 1.94. The van der Waals surface area contributed by atoms with E-state index in [4.69, 9.17) is 4.74 Å². The van der Waals surface area contributed by atoms with Gasteiger partial charge in [-0.1, -0.05) is 31.5 Å². The summed E-state index contributed by atoms with van der Waals surface area (Å²) >= 11 is 0. The van der Waals surface area contributed by atoms with Crippen LogP contribution < -0.4 is 0 Å². The van der Waals surface area contributed by atoms with Gasteiger partial charge in [0.2, 0.25) is 0 Å². The molecule has 2 aromatic rings. The van der Waals surface area contributed by atoms with Crippen LogP contribution >= 0.6 is 0 Å². The number of amides is 1. The van der Waals surface area contributed by atoms with Crippen molar-refractivity contribution in [2.75, 3.05) is 26.3 Å². The molecule has 0 atom stereocenters. The summed E-state index contributed by atoms with van der Waals surface area (Å²) in [5.74, 6) is 0.0638. The third-order valence-corrected chi connectivity index (χ3v) is 3.89. The minimum absolute atomic E-state index is 0.0638. The fourth-order valence-electron chi connectivity index (χ4n) is 2.76. The maximum atomic E-state index is 12.8. The molecule has 0 bridgehead atoms. The van der Waals surface area contributed by atoms with E-state index in [9.17, 15) is 4.79 Å². The summed E-state index contributed by atoms with van der Waals surface area (Å²) < 4.78 is 7.21. The lowest BCUT2D eigenvalue weighted by atomic mass is 10.1. The van der Waals surface area contributed by atoms with Crippen molar-refractivity contribution >= 4 is 5.91 Å². The molecule has 1 aromatic heterocycles. The van der Waals surface area contributed by atoms with E-state index < -0.39 is 0 Å². The number of morpholine rings is 1. The lowest BCUT2D eigenvalue weighted by Gasteiger charge is -2.26. The summed E-state index contributed by atoms with van der Waals surface area (Å²) in [4.78, 5) is 14.6. The van der Waals surface area contributed by atoms with Gasteiger partial charge in [0.1, 0.15) is 0 Å². The molecule has 0 spiro atoms. The Morgan fingerprint density at radius 1 is 1.23 bits per heavy atom. The summed E-state index contributed by atoms with van der Waals surface area (Å²) in [7, 11) is 0. The molecule has 116 valence electrons. The molecule has 0 N–H and O–H groups in total. The van der Waals surface area contributed by atoms with E-state index in [0.717, 1.165) is 24.2 Å². The van der Waals surface area contributed by atoms with Gasteiger partial charge < -0.3 is 9.64 Å². The van der Waals surface area contributed by atoms with Gasteiger partial charge in [-0.3, -0.25) is 4.79 Å². The van der Waals surface area contributed by atoms with E-state index in [0.29, 0.717) is 31.9 Å². The molecule has 0 saturated carbocycles. The minimum Gasteiger partial charge on any atom is -0.378 e. The Labute approximate surface area is 130 Å². The molecule has 1 aliphatic rings. The van der Waals surface area contributed by atoms with E-state index in [2.05, 4.69) is 12.0 Å². The number of para-hydroxylation sites is 1. The SMILES string of the molecule is CCCc1c(C(=O)N2CCOCC2)cnn1-c1ccccc1. The normalized spacial score (nSPS) is 15.0. The first-order chi connectivity index (χ1) is 10.8. The van der Waals surface area contributed by atoms with E-state index in [-0.39, 0.29) is 5.91 Å². The number of hydrogen-bond donors (Lipinski definition) is 0. The number of nitrogens with zero attached hydrogens (tertiary/aromatic N) is 3. The summed E-state index contributed by atoms with van der Waals surface area (Å²) in [6, 6.07) is 9.96. The van der Waals surface area contributed by atoms with Crippen molar-refractivity contribution in [2.45, 2.75) is 19.8 Å². The first kappa shape index (κ1) is 14.8. The summed E-state index contributed by atoms with van der Waals surface area (Å²) in [5, 5.41) is 4.46. The molecule has 1 aromatic carbocycles. The number of carbonyl (C=O) groups is 1. The van der Waals surface area contributed by atoms with Crippen molar-refractivity contribution in [3.05, 3.63) is 47.8 Å². The Hall–Kier alpha value is -2.14. The Morgan fingerprint density at radius 2 is 1.95 bits per heavy atom. The standard InChI is InChI=1S/C17H21N3O2/c1-2-6-16-15(17(21)19-9-11-22-12-10-19)13-18-20(16)14-7-4-3-5-8-14/h3-5,7-8,13H,2,6,9-12H2,1H3. The molecule has 1 amide bonds. The van der Waals surface area contributed by atoms with Crippen LogP contribution in [0.2, 0.25) is 0 Å². The second-order valence-electron chi connectivity index (χ2n) is 5.41. The van der Waals surface area contributed by atoms with Crippen LogP contribution in [0.3, 0.4) is 0 Å². The van der Waals surface area contributed by atoms with Crippen LogP contribution in [0.15, 0.2) is 36.5 Å². The highest BCUT2D eigenvalue weighted by atomic mass is 16.5. The molecule has 1 fully saturated rings. The summed E-state index contributed by atoms with van der Waals surface area (Å²) in [5.41, 5.74) is 2.70. The van der Waals surface area contributed by atoms with Crippen molar-refractivity contribution < 1.29 is 9.53 Å². The highest BCUT2D eigenvalue weighted by Gasteiger charge is 2.24. The van der Waals surface area contributed by atoms with Crippen molar-refractivity contribution in [1.29, 1.82) is 0 Å². The predicted molar refractivity (Wildman–Crippen MR) is 84.3 cm³/mol. The topological polar surface area (TPSA) is 47.4 Å². The Bertz CT molecular complexity index is 631. The zero-order valence-corrected chi connectivity index (χ0v) is 12.9. The van der Waals surface area contributed by atoms with Gasteiger partial charge in [0.25, 0.3) is 5.91 Å². The Kier molecular flexibility index (Phi) is 4.53. The molecule has 5 nitrogen and oxygen atoms in total. The number of hydrogen-bond acceptors (Lipinski definition) is 3. The summed E-state index contributed by atoms with van der Waals surface area (Å²) in [6.45, 7) is 4.65. The zero-order chi connectivity index (χ0) is 15.4. The van der Waals surface area contributed by atoms with Crippen LogP contribution in [0.1, 0.15) is 29.4 Å². The number of carbonyl (C=O) groups excluding carboxylic acids is 1. The second-order valence-corrected chi connectivity index (χ2v) is 5.41. The van der Waals surface area contributed by atoms with Crippen LogP contribution in [0.4, 0.5) is 0 Å². The molecular weight excluding hydrogens is 278 g/mol. The highest BCUT2D eigenvalue weighted by molar-refractivity contribution is 5.95. The molecular formula is C17H21N3O2. The molecule has 1 aliphatic heterocycles. The molecule has 0 radical (unpaired) electrons. The molecule has 0 unspecified atom stereocenters.